The summed E-state index contributed by atoms with van der Waals surface area (Å²) in [5, 5.41) is 21.7. The molecule has 0 spiro atoms. The summed E-state index contributed by atoms with van der Waals surface area (Å²) in [7, 11) is 0. The van der Waals surface area contributed by atoms with Crippen LogP contribution in [0.5, 0.6) is 0 Å². The molecule has 3 aromatic heterocycles. The van der Waals surface area contributed by atoms with E-state index in [9.17, 15) is 14.7 Å². The van der Waals surface area contributed by atoms with E-state index < -0.39 is 11.6 Å². The highest BCUT2D eigenvalue weighted by Crippen LogP contribution is 2.44. The van der Waals surface area contributed by atoms with E-state index in [0.717, 1.165) is 32.5 Å². The fourth-order valence-electron chi connectivity index (χ4n) is 4.89. The van der Waals surface area contributed by atoms with E-state index in [4.69, 9.17) is 15.1 Å². The van der Waals surface area contributed by atoms with Crippen molar-refractivity contribution in [3.05, 3.63) is 74.4 Å². The third-order valence-corrected chi connectivity index (χ3v) is 7.53. The first-order chi connectivity index (χ1) is 16.0. The van der Waals surface area contributed by atoms with Crippen LogP contribution < -0.4 is 5.56 Å². The molecule has 1 unspecified atom stereocenters. The van der Waals surface area contributed by atoms with Crippen molar-refractivity contribution in [1.82, 2.24) is 9.55 Å². The number of rotatable bonds is 3. The summed E-state index contributed by atoms with van der Waals surface area (Å²) in [6.07, 6.45) is 1.41. The van der Waals surface area contributed by atoms with E-state index in [-0.39, 0.29) is 18.6 Å². The van der Waals surface area contributed by atoms with Gasteiger partial charge >= 0.3 is 5.97 Å². The predicted octanol–water partition coefficient (Wildman–Crippen LogP) is 3.81. The van der Waals surface area contributed by atoms with Crippen molar-refractivity contribution in [3.8, 4) is 21.8 Å². The number of nitrogens with zero attached hydrogens (tertiary/aromatic N) is 2. The molecule has 0 aliphatic carbocycles. The number of carbonyl (C=O) groups is 1. The largest absolute Gasteiger partial charge is 0.458 e. The molecule has 0 radical (unpaired) electrons. The SMILES string of the molecule is CCC1(O)C(=O)OCc2c1cc1n(c2=O)Cc2c-1nc1ccc(C=N)cc1c2-c1cccs1. The number of fused-ring (bicyclic) bond motifs is 5. The number of aliphatic hydroxyl groups is 1. The Kier molecular flexibility index (Phi) is 4.21. The van der Waals surface area contributed by atoms with Crippen LogP contribution in [-0.4, -0.2) is 26.8 Å². The number of thiophene rings is 1. The lowest BCUT2D eigenvalue weighted by molar-refractivity contribution is -0.172. The molecule has 164 valence electrons. The Morgan fingerprint density at radius 2 is 2.12 bits per heavy atom. The second-order valence-corrected chi connectivity index (χ2v) is 9.26. The molecule has 1 aromatic carbocycles. The summed E-state index contributed by atoms with van der Waals surface area (Å²) in [4.78, 5) is 31.8. The van der Waals surface area contributed by atoms with E-state index in [1.807, 2.05) is 35.7 Å². The van der Waals surface area contributed by atoms with Gasteiger partial charge in [0.1, 0.15) is 6.61 Å². The number of nitrogens with one attached hydrogen (secondary N) is 1. The van der Waals surface area contributed by atoms with Gasteiger partial charge in [-0.25, -0.2) is 9.78 Å². The number of carbonyl (C=O) groups excluding carboxylic acids is 1. The highest BCUT2D eigenvalue weighted by molar-refractivity contribution is 7.13. The van der Waals surface area contributed by atoms with Gasteiger partial charge in [0.15, 0.2) is 5.60 Å². The minimum atomic E-state index is -1.85. The average Bonchev–Trinajstić information content (AvgIpc) is 3.48. The zero-order valence-electron chi connectivity index (χ0n) is 17.7. The highest BCUT2D eigenvalue weighted by atomic mass is 32.1. The Hall–Kier alpha value is -3.62. The van der Waals surface area contributed by atoms with Gasteiger partial charge in [-0.15, -0.1) is 11.3 Å². The van der Waals surface area contributed by atoms with Gasteiger partial charge in [-0.1, -0.05) is 19.1 Å². The lowest BCUT2D eigenvalue weighted by atomic mass is 9.86. The fourth-order valence-corrected chi connectivity index (χ4v) is 5.70. The Bertz CT molecular complexity index is 1550. The van der Waals surface area contributed by atoms with Gasteiger partial charge in [0, 0.05) is 33.2 Å². The maximum absolute atomic E-state index is 13.5. The summed E-state index contributed by atoms with van der Waals surface area (Å²) in [6.45, 7) is 1.87. The Balaban J connectivity index is 1.70. The smallest absolute Gasteiger partial charge is 0.343 e. The lowest BCUT2D eigenvalue weighted by Gasteiger charge is -2.31. The molecule has 1 atom stereocenters. The first-order valence-electron chi connectivity index (χ1n) is 10.6. The lowest BCUT2D eigenvalue weighted by Crippen LogP contribution is -2.44. The first-order valence-corrected chi connectivity index (χ1v) is 11.5. The average molecular weight is 458 g/mol. The van der Waals surface area contributed by atoms with Crippen LogP contribution in [0.3, 0.4) is 0 Å². The summed E-state index contributed by atoms with van der Waals surface area (Å²) < 4.78 is 6.81. The third-order valence-electron chi connectivity index (χ3n) is 6.65. The van der Waals surface area contributed by atoms with Gasteiger partial charge in [-0.05, 0) is 41.6 Å². The van der Waals surface area contributed by atoms with Crippen LogP contribution in [0.25, 0.3) is 32.7 Å². The van der Waals surface area contributed by atoms with Gasteiger partial charge in [0.2, 0.25) is 0 Å². The number of esters is 1. The number of hydrogen-bond donors (Lipinski definition) is 2. The summed E-state index contributed by atoms with van der Waals surface area (Å²) in [5.74, 6) is -0.731. The zero-order valence-corrected chi connectivity index (χ0v) is 18.5. The Morgan fingerprint density at radius 3 is 2.85 bits per heavy atom. The maximum atomic E-state index is 13.5. The molecule has 5 heterocycles. The minimum absolute atomic E-state index is 0.104. The van der Waals surface area contributed by atoms with Crippen LogP contribution in [0.4, 0.5) is 0 Å². The normalized spacial score (nSPS) is 18.5. The van der Waals surface area contributed by atoms with E-state index in [0.29, 0.717) is 29.1 Å². The minimum Gasteiger partial charge on any atom is -0.458 e. The number of benzene rings is 1. The quantitative estimate of drug-likeness (QED) is 0.317. The topological polar surface area (TPSA) is 105 Å². The summed E-state index contributed by atoms with van der Waals surface area (Å²) in [6, 6.07) is 11.4. The van der Waals surface area contributed by atoms with Crippen molar-refractivity contribution in [2.24, 2.45) is 0 Å². The first kappa shape index (κ1) is 20.0. The van der Waals surface area contributed by atoms with Crippen molar-refractivity contribution in [1.29, 1.82) is 5.41 Å². The van der Waals surface area contributed by atoms with Crippen molar-refractivity contribution in [3.63, 3.8) is 0 Å². The molecule has 6 rings (SSSR count). The fraction of sp³-hybridized carbons (Fsp3) is 0.200. The van der Waals surface area contributed by atoms with Crippen molar-refractivity contribution in [2.45, 2.75) is 32.1 Å². The predicted molar refractivity (Wildman–Crippen MR) is 126 cm³/mol. The molecule has 0 amide bonds. The standard InChI is InChI=1S/C25H19N3O4S/c1-2-25(31)17-9-19-22-15(11-28(19)23(29)16(17)12-32-24(25)30)21(20-4-3-7-33-20)14-8-13(10-26)5-6-18(14)27-22/h3-10,26,31H,2,11-12H2,1H3. The van der Waals surface area contributed by atoms with Crippen molar-refractivity contribution in [2.75, 3.05) is 0 Å². The number of hydrogen-bond acceptors (Lipinski definition) is 7. The number of aromatic nitrogens is 2. The highest BCUT2D eigenvalue weighted by Gasteiger charge is 2.45. The van der Waals surface area contributed by atoms with Gasteiger partial charge in [0.25, 0.3) is 5.56 Å². The monoisotopic (exact) mass is 457 g/mol. The van der Waals surface area contributed by atoms with Crippen LogP contribution in [-0.2, 0) is 28.3 Å². The molecular weight excluding hydrogens is 438 g/mol. The Morgan fingerprint density at radius 1 is 1.27 bits per heavy atom. The maximum Gasteiger partial charge on any atom is 0.343 e. The van der Waals surface area contributed by atoms with Crippen molar-refractivity contribution < 1.29 is 14.6 Å². The molecule has 0 fully saturated rings. The molecule has 0 saturated carbocycles. The molecule has 33 heavy (non-hydrogen) atoms. The van der Waals surface area contributed by atoms with Crippen LogP contribution in [0.2, 0.25) is 0 Å². The number of ether oxygens (including phenoxy) is 1. The van der Waals surface area contributed by atoms with Crippen LogP contribution in [0.1, 0.15) is 35.6 Å². The zero-order chi connectivity index (χ0) is 22.9. The molecule has 2 N–H and O–H groups in total. The number of cyclic esters (lactones) is 1. The van der Waals surface area contributed by atoms with Gasteiger partial charge in [-0.3, -0.25) is 4.79 Å². The summed E-state index contributed by atoms with van der Waals surface area (Å²) in [5.41, 5.74) is 3.19. The van der Waals surface area contributed by atoms with E-state index in [2.05, 4.69) is 0 Å². The third kappa shape index (κ3) is 2.65. The van der Waals surface area contributed by atoms with Crippen LogP contribution in [0.15, 0.2) is 46.6 Å². The molecule has 8 heteroatoms. The van der Waals surface area contributed by atoms with Gasteiger partial charge < -0.3 is 19.8 Å². The molecule has 2 aliphatic heterocycles. The van der Waals surface area contributed by atoms with Crippen LogP contribution >= 0.6 is 11.3 Å². The Labute approximate surface area is 192 Å². The molecule has 0 bridgehead atoms. The second-order valence-electron chi connectivity index (χ2n) is 8.32. The van der Waals surface area contributed by atoms with E-state index in [1.165, 1.54) is 6.21 Å². The molecule has 4 aromatic rings. The van der Waals surface area contributed by atoms with Crippen LogP contribution in [0, 0.1) is 5.41 Å². The van der Waals surface area contributed by atoms with E-state index in [1.54, 1.807) is 28.9 Å². The molecule has 2 aliphatic rings. The van der Waals surface area contributed by atoms with Gasteiger partial charge in [0.05, 0.1) is 29.0 Å². The van der Waals surface area contributed by atoms with Gasteiger partial charge in [-0.2, -0.15) is 0 Å². The molecular formula is C25H19N3O4S. The number of pyridine rings is 2. The van der Waals surface area contributed by atoms with Crippen molar-refractivity contribution >= 4 is 34.4 Å². The summed E-state index contributed by atoms with van der Waals surface area (Å²) >= 11 is 1.61. The second kappa shape index (κ2) is 6.94. The molecule has 0 saturated heterocycles. The molecule has 7 nitrogen and oxygen atoms in total. The van der Waals surface area contributed by atoms with E-state index >= 15 is 0 Å².